The van der Waals surface area contributed by atoms with E-state index in [1.807, 2.05) is 36.1 Å². The molecule has 170 valence electrons. The molecule has 0 bridgehead atoms. The molecule has 1 fully saturated rings. The maximum absolute atomic E-state index is 12.9. The smallest absolute Gasteiger partial charge is 0.243 e. The van der Waals surface area contributed by atoms with E-state index in [0.29, 0.717) is 31.3 Å². The molecule has 12 heteroatoms. The molecule has 0 aliphatic carbocycles. The number of aromatic nitrogens is 2. The Morgan fingerprint density at radius 1 is 0.969 bits per heavy atom. The van der Waals surface area contributed by atoms with Crippen molar-refractivity contribution >= 4 is 20.0 Å². The zero-order chi connectivity index (χ0) is 22.9. The van der Waals surface area contributed by atoms with Crippen LogP contribution in [-0.2, 0) is 26.6 Å². The average molecular weight is 478 g/mol. The zero-order valence-electron chi connectivity index (χ0n) is 17.4. The van der Waals surface area contributed by atoms with Gasteiger partial charge in [-0.15, -0.1) is 0 Å². The van der Waals surface area contributed by atoms with Gasteiger partial charge >= 0.3 is 0 Å². The highest BCUT2D eigenvalue weighted by Gasteiger charge is 2.29. The zero-order valence-corrected chi connectivity index (χ0v) is 19.0. The topological polar surface area (TPSA) is 140 Å². The van der Waals surface area contributed by atoms with Crippen LogP contribution in [0.25, 0.3) is 11.4 Å². The third-order valence-corrected chi connectivity index (χ3v) is 8.07. The molecular formula is C20H23N5O5S2. The highest BCUT2D eigenvalue weighted by molar-refractivity contribution is 7.89. The lowest BCUT2D eigenvalue weighted by molar-refractivity contribution is 0.163. The predicted molar refractivity (Wildman–Crippen MR) is 116 cm³/mol. The molecule has 4 rings (SSSR count). The van der Waals surface area contributed by atoms with E-state index >= 15 is 0 Å². The molecule has 0 unspecified atom stereocenters. The van der Waals surface area contributed by atoms with Crippen LogP contribution in [0, 0.1) is 6.92 Å². The minimum absolute atomic E-state index is 0.0260. The number of hydrogen-bond donors (Lipinski definition) is 1. The van der Waals surface area contributed by atoms with Crippen LogP contribution in [0.1, 0.15) is 11.5 Å². The van der Waals surface area contributed by atoms with E-state index in [9.17, 15) is 16.8 Å². The van der Waals surface area contributed by atoms with Gasteiger partial charge in [0, 0.05) is 31.7 Å². The van der Waals surface area contributed by atoms with Crippen molar-refractivity contribution in [2.75, 3.05) is 26.2 Å². The number of primary sulfonamides is 1. The van der Waals surface area contributed by atoms with E-state index in [-0.39, 0.29) is 22.9 Å². The SMILES string of the molecule is Cc1cccc(-c2noc(CN3CCN(S(=O)(=O)c4ccc(S(N)(=O)=O)cc4)CC3)n2)c1. The normalized spacial score (nSPS) is 16.3. The first-order valence-electron chi connectivity index (χ1n) is 9.88. The van der Waals surface area contributed by atoms with Crippen molar-refractivity contribution in [3.05, 3.63) is 60.0 Å². The molecule has 3 aromatic rings. The summed E-state index contributed by atoms with van der Waals surface area (Å²) in [6, 6.07) is 12.7. The minimum Gasteiger partial charge on any atom is -0.338 e. The van der Waals surface area contributed by atoms with Crippen molar-refractivity contribution in [3.63, 3.8) is 0 Å². The molecule has 2 aromatic carbocycles. The molecule has 0 spiro atoms. The molecule has 1 aliphatic heterocycles. The Morgan fingerprint density at radius 3 is 2.25 bits per heavy atom. The fourth-order valence-electron chi connectivity index (χ4n) is 3.49. The molecule has 10 nitrogen and oxygen atoms in total. The van der Waals surface area contributed by atoms with Crippen molar-refractivity contribution in [1.82, 2.24) is 19.3 Å². The fourth-order valence-corrected chi connectivity index (χ4v) is 5.43. The van der Waals surface area contributed by atoms with Crippen LogP contribution in [0.5, 0.6) is 0 Å². The number of piperazine rings is 1. The molecule has 2 heterocycles. The Hall–Kier alpha value is -2.64. The van der Waals surface area contributed by atoms with Crippen LogP contribution in [0.3, 0.4) is 0 Å². The maximum atomic E-state index is 12.9. The van der Waals surface area contributed by atoms with Crippen molar-refractivity contribution in [2.45, 2.75) is 23.3 Å². The van der Waals surface area contributed by atoms with Crippen molar-refractivity contribution in [1.29, 1.82) is 0 Å². The summed E-state index contributed by atoms with van der Waals surface area (Å²) < 4.78 is 55.3. The first-order valence-corrected chi connectivity index (χ1v) is 12.9. The molecule has 0 saturated carbocycles. The summed E-state index contributed by atoms with van der Waals surface area (Å²) in [6.07, 6.45) is 0. The van der Waals surface area contributed by atoms with E-state index < -0.39 is 20.0 Å². The third kappa shape index (κ3) is 4.89. The molecule has 1 aliphatic rings. The lowest BCUT2D eigenvalue weighted by atomic mass is 10.1. The monoisotopic (exact) mass is 477 g/mol. The van der Waals surface area contributed by atoms with Gasteiger partial charge in [0.05, 0.1) is 16.3 Å². The lowest BCUT2D eigenvalue weighted by Gasteiger charge is -2.33. The molecule has 0 radical (unpaired) electrons. The van der Waals surface area contributed by atoms with E-state index in [1.54, 1.807) is 0 Å². The molecule has 2 N–H and O–H groups in total. The Labute approximate surface area is 186 Å². The van der Waals surface area contributed by atoms with Crippen LogP contribution in [0.4, 0.5) is 0 Å². The van der Waals surface area contributed by atoms with Gasteiger partial charge in [-0.3, -0.25) is 4.90 Å². The van der Waals surface area contributed by atoms with Crippen molar-refractivity contribution in [3.8, 4) is 11.4 Å². The lowest BCUT2D eigenvalue weighted by Crippen LogP contribution is -2.48. The molecule has 32 heavy (non-hydrogen) atoms. The highest BCUT2D eigenvalue weighted by Crippen LogP contribution is 2.21. The Balaban J connectivity index is 1.38. The number of benzene rings is 2. The Kier molecular flexibility index (Phi) is 6.14. The van der Waals surface area contributed by atoms with Crippen LogP contribution in [0.2, 0.25) is 0 Å². The largest absolute Gasteiger partial charge is 0.338 e. The first-order chi connectivity index (χ1) is 15.1. The van der Waals surface area contributed by atoms with Gasteiger partial charge in [0.25, 0.3) is 0 Å². The second kappa shape index (κ2) is 8.71. The standard InChI is InChI=1S/C20H23N5O5S2/c1-15-3-2-4-16(13-15)20-22-19(30-23-20)14-24-9-11-25(12-10-24)32(28,29)18-7-5-17(6-8-18)31(21,26)27/h2-8,13H,9-12,14H2,1H3,(H2,21,26,27). The van der Waals surface area contributed by atoms with Crippen molar-refractivity contribution in [2.24, 2.45) is 5.14 Å². The minimum atomic E-state index is -3.88. The second-order valence-corrected chi connectivity index (χ2v) is 11.1. The summed E-state index contributed by atoms with van der Waals surface area (Å²) in [5, 5.41) is 9.11. The Morgan fingerprint density at radius 2 is 1.62 bits per heavy atom. The number of nitrogens with zero attached hydrogens (tertiary/aromatic N) is 4. The summed E-state index contributed by atoms with van der Waals surface area (Å²) >= 11 is 0. The van der Waals surface area contributed by atoms with Gasteiger partial charge in [-0.05, 0) is 37.3 Å². The number of rotatable bonds is 6. The molecule has 1 saturated heterocycles. The van der Waals surface area contributed by atoms with Crippen molar-refractivity contribution < 1.29 is 21.4 Å². The van der Waals surface area contributed by atoms with Gasteiger partial charge in [-0.25, -0.2) is 22.0 Å². The van der Waals surface area contributed by atoms with Gasteiger partial charge in [0.1, 0.15) is 0 Å². The summed E-state index contributed by atoms with van der Waals surface area (Å²) in [4.78, 5) is 6.39. The van der Waals surface area contributed by atoms with Gasteiger partial charge in [-0.2, -0.15) is 9.29 Å². The van der Waals surface area contributed by atoms with E-state index in [0.717, 1.165) is 11.1 Å². The van der Waals surface area contributed by atoms with Gasteiger partial charge < -0.3 is 4.52 Å². The van der Waals surface area contributed by atoms with E-state index in [4.69, 9.17) is 9.66 Å². The number of sulfonamides is 2. The summed E-state index contributed by atoms with van der Waals surface area (Å²) in [6.45, 7) is 3.99. The Bertz CT molecular complexity index is 1310. The number of nitrogens with two attached hydrogens (primary N) is 1. The maximum Gasteiger partial charge on any atom is 0.243 e. The van der Waals surface area contributed by atoms with Crippen LogP contribution < -0.4 is 5.14 Å². The van der Waals surface area contributed by atoms with Gasteiger partial charge in [0.15, 0.2) is 0 Å². The van der Waals surface area contributed by atoms with E-state index in [1.165, 1.54) is 28.6 Å². The molecular weight excluding hydrogens is 454 g/mol. The number of aryl methyl sites for hydroxylation is 1. The molecule has 1 aromatic heterocycles. The van der Waals surface area contributed by atoms with E-state index in [2.05, 4.69) is 10.1 Å². The van der Waals surface area contributed by atoms with Crippen LogP contribution in [-0.4, -0.2) is 62.4 Å². The molecule has 0 amide bonds. The highest BCUT2D eigenvalue weighted by atomic mass is 32.2. The molecule has 0 atom stereocenters. The fraction of sp³-hybridized carbons (Fsp3) is 0.300. The summed E-state index contributed by atoms with van der Waals surface area (Å²) in [7, 11) is -7.62. The predicted octanol–water partition coefficient (Wildman–Crippen LogP) is 1.20. The van der Waals surface area contributed by atoms with Crippen LogP contribution >= 0.6 is 0 Å². The summed E-state index contributed by atoms with van der Waals surface area (Å²) in [5.41, 5.74) is 1.98. The van der Waals surface area contributed by atoms with Gasteiger partial charge in [-0.1, -0.05) is 28.9 Å². The van der Waals surface area contributed by atoms with Crippen LogP contribution in [0.15, 0.2) is 62.8 Å². The summed E-state index contributed by atoms with van der Waals surface area (Å²) in [5.74, 6) is 0.990. The first kappa shape index (κ1) is 22.6. The number of hydrogen-bond acceptors (Lipinski definition) is 8. The second-order valence-electron chi connectivity index (χ2n) is 7.58. The quantitative estimate of drug-likeness (QED) is 0.559. The third-order valence-electron chi connectivity index (χ3n) is 5.22. The average Bonchev–Trinajstić information content (AvgIpc) is 3.22. The van der Waals surface area contributed by atoms with Gasteiger partial charge in [0.2, 0.25) is 31.8 Å².